The molecule has 3 rings (SSSR count). The molecule has 0 aliphatic rings. The van der Waals surface area contributed by atoms with Crippen LogP contribution in [0, 0.1) is 0 Å². The molecule has 0 fully saturated rings. The summed E-state index contributed by atoms with van der Waals surface area (Å²) >= 11 is 0. The molecule has 1 unspecified atom stereocenters. The summed E-state index contributed by atoms with van der Waals surface area (Å²) in [6.07, 6.45) is 6.31. The molecule has 0 aliphatic heterocycles. The van der Waals surface area contributed by atoms with Gasteiger partial charge in [0.15, 0.2) is 5.82 Å². The minimum Gasteiger partial charge on any atom is -0.367 e. The molecule has 0 spiro atoms. The summed E-state index contributed by atoms with van der Waals surface area (Å²) in [4.78, 5) is 4.31. The molecular weight excluding hydrogens is 250 g/mol. The molecule has 3 aromatic rings. The van der Waals surface area contributed by atoms with Crippen LogP contribution < -0.4 is 5.32 Å². The third-order valence-corrected chi connectivity index (χ3v) is 3.45. The Labute approximate surface area is 117 Å². The Hall–Kier alpha value is -2.43. The maximum atomic E-state index is 4.31. The second kappa shape index (κ2) is 5.69. The first-order valence-corrected chi connectivity index (χ1v) is 6.78. The van der Waals surface area contributed by atoms with Crippen LogP contribution in [-0.2, 0) is 0 Å². The SMILES string of the molecule is CC(CCNc1nccn2cnnc12)c1ccccc1. The zero-order valence-electron chi connectivity index (χ0n) is 11.4. The van der Waals surface area contributed by atoms with Gasteiger partial charge in [-0.15, -0.1) is 10.2 Å². The third-order valence-electron chi connectivity index (χ3n) is 3.45. The highest BCUT2D eigenvalue weighted by Crippen LogP contribution is 2.18. The first-order valence-electron chi connectivity index (χ1n) is 6.78. The van der Waals surface area contributed by atoms with Crippen LogP contribution in [-0.4, -0.2) is 26.1 Å². The van der Waals surface area contributed by atoms with Crippen molar-refractivity contribution in [2.45, 2.75) is 19.3 Å². The number of fused-ring (bicyclic) bond motifs is 1. The van der Waals surface area contributed by atoms with Crippen molar-refractivity contribution >= 4 is 11.5 Å². The fourth-order valence-electron chi connectivity index (χ4n) is 2.24. The predicted octanol–water partition coefficient (Wildman–Crippen LogP) is 2.73. The Bertz CT molecular complexity index is 677. The maximum absolute atomic E-state index is 4.31. The quantitative estimate of drug-likeness (QED) is 0.772. The second-order valence-corrected chi connectivity index (χ2v) is 4.86. The molecule has 2 heterocycles. The van der Waals surface area contributed by atoms with Gasteiger partial charge in [0.05, 0.1) is 0 Å². The number of hydrogen-bond acceptors (Lipinski definition) is 4. The van der Waals surface area contributed by atoms with Crippen LogP contribution in [0.4, 0.5) is 5.82 Å². The summed E-state index contributed by atoms with van der Waals surface area (Å²) in [6, 6.07) is 10.5. The van der Waals surface area contributed by atoms with E-state index in [0.717, 1.165) is 24.4 Å². The lowest BCUT2D eigenvalue weighted by Crippen LogP contribution is -2.08. The fourth-order valence-corrected chi connectivity index (χ4v) is 2.24. The topological polar surface area (TPSA) is 55.1 Å². The Morgan fingerprint density at radius 2 is 2.10 bits per heavy atom. The second-order valence-electron chi connectivity index (χ2n) is 4.86. The number of hydrogen-bond donors (Lipinski definition) is 1. The number of nitrogens with one attached hydrogen (secondary N) is 1. The van der Waals surface area contributed by atoms with Crippen molar-refractivity contribution in [2.24, 2.45) is 0 Å². The molecule has 5 heteroatoms. The molecule has 0 amide bonds. The van der Waals surface area contributed by atoms with E-state index in [-0.39, 0.29) is 0 Å². The molecule has 0 aliphatic carbocycles. The predicted molar refractivity (Wildman–Crippen MR) is 78.7 cm³/mol. The van der Waals surface area contributed by atoms with Crippen LogP contribution in [0.5, 0.6) is 0 Å². The van der Waals surface area contributed by atoms with E-state index in [4.69, 9.17) is 0 Å². The van der Waals surface area contributed by atoms with Crippen molar-refractivity contribution in [3.63, 3.8) is 0 Å². The van der Waals surface area contributed by atoms with Gasteiger partial charge in [0.1, 0.15) is 6.33 Å². The number of aromatic nitrogens is 4. The van der Waals surface area contributed by atoms with Gasteiger partial charge in [0, 0.05) is 18.9 Å². The number of rotatable bonds is 5. The molecule has 5 nitrogen and oxygen atoms in total. The number of anilines is 1. The van der Waals surface area contributed by atoms with E-state index < -0.39 is 0 Å². The van der Waals surface area contributed by atoms with E-state index in [1.54, 1.807) is 12.5 Å². The van der Waals surface area contributed by atoms with Gasteiger partial charge in [-0.3, -0.25) is 4.40 Å². The summed E-state index contributed by atoms with van der Waals surface area (Å²) < 4.78 is 1.86. The van der Waals surface area contributed by atoms with Crippen molar-refractivity contribution in [1.29, 1.82) is 0 Å². The Kier molecular flexibility index (Phi) is 3.58. The molecule has 102 valence electrons. The van der Waals surface area contributed by atoms with Crippen LogP contribution in [0.2, 0.25) is 0 Å². The molecule has 20 heavy (non-hydrogen) atoms. The highest BCUT2D eigenvalue weighted by molar-refractivity contribution is 5.61. The molecule has 1 aromatic carbocycles. The Morgan fingerprint density at radius 1 is 1.25 bits per heavy atom. The average Bonchev–Trinajstić information content (AvgIpc) is 2.97. The standard InChI is InChI=1S/C15H17N5/c1-12(13-5-3-2-4-6-13)7-8-16-14-15-19-18-11-20(15)10-9-17-14/h2-6,9-12H,7-8H2,1H3,(H,16,17). The Balaban J connectivity index is 1.61. The lowest BCUT2D eigenvalue weighted by molar-refractivity contribution is 0.705. The molecule has 0 radical (unpaired) electrons. The zero-order valence-corrected chi connectivity index (χ0v) is 11.4. The van der Waals surface area contributed by atoms with Crippen molar-refractivity contribution in [3.8, 4) is 0 Å². The summed E-state index contributed by atoms with van der Waals surface area (Å²) in [5.74, 6) is 1.30. The minimum atomic E-state index is 0.515. The lowest BCUT2D eigenvalue weighted by Gasteiger charge is -2.12. The monoisotopic (exact) mass is 267 g/mol. The fraction of sp³-hybridized carbons (Fsp3) is 0.267. The van der Waals surface area contributed by atoms with Gasteiger partial charge in [0.2, 0.25) is 5.65 Å². The molecule has 0 saturated heterocycles. The van der Waals surface area contributed by atoms with Gasteiger partial charge in [-0.1, -0.05) is 37.3 Å². The molecule has 0 bridgehead atoms. The molecule has 1 N–H and O–H groups in total. The van der Waals surface area contributed by atoms with Crippen LogP contribution in [0.1, 0.15) is 24.8 Å². The zero-order chi connectivity index (χ0) is 13.8. The average molecular weight is 267 g/mol. The smallest absolute Gasteiger partial charge is 0.203 e. The maximum Gasteiger partial charge on any atom is 0.203 e. The first kappa shape index (κ1) is 12.6. The van der Waals surface area contributed by atoms with Gasteiger partial charge >= 0.3 is 0 Å². The van der Waals surface area contributed by atoms with Crippen molar-refractivity contribution in [3.05, 3.63) is 54.6 Å². The summed E-state index contributed by atoms with van der Waals surface area (Å²) in [6.45, 7) is 3.09. The molecular formula is C15H17N5. The minimum absolute atomic E-state index is 0.515. The van der Waals surface area contributed by atoms with Crippen LogP contribution in [0.15, 0.2) is 49.1 Å². The van der Waals surface area contributed by atoms with Gasteiger partial charge in [-0.05, 0) is 17.9 Å². The normalized spacial score (nSPS) is 12.4. The largest absolute Gasteiger partial charge is 0.367 e. The number of benzene rings is 1. The van der Waals surface area contributed by atoms with E-state index in [2.05, 4.69) is 51.7 Å². The highest BCUT2D eigenvalue weighted by Gasteiger charge is 2.07. The van der Waals surface area contributed by atoms with E-state index in [1.807, 2.05) is 16.7 Å². The van der Waals surface area contributed by atoms with Crippen LogP contribution >= 0.6 is 0 Å². The van der Waals surface area contributed by atoms with Crippen molar-refractivity contribution < 1.29 is 0 Å². The molecule has 0 saturated carbocycles. The van der Waals surface area contributed by atoms with Crippen molar-refractivity contribution in [2.75, 3.05) is 11.9 Å². The molecule has 2 aromatic heterocycles. The lowest BCUT2D eigenvalue weighted by atomic mass is 9.98. The van der Waals surface area contributed by atoms with E-state index in [9.17, 15) is 0 Å². The summed E-state index contributed by atoms with van der Waals surface area (Å²) in [7, 11) is 0. The Morgan fingerprint density at radius 3 is 2.95 bits per heavy atom. The van der Waals surface area contributed by atoms with Gasteiger partial charge in [-0.25, -0.2) is 4.98 Å². The van der Waals surface area contributed by atoms with E-state index >= 15 is 0 Å². The van der Waals surface area contributed by atoms with Crippen molar-refractivity contribution in [1.82, 2.24) is 19.6 Å². The van der Waals surface area contributed by atoms with Crippen LogP contribution in [0.25, 0.3) is 5.65 Å². The summed E-state index contributed by atoms with van der Waals surface area (Å²) in [5.41, 5.74) is 2.13. The van der Waals surface area contributed by atoms with E-state index in [0.29, 0.717) is 5.92 Å². The third kappa shape index (κ3) is 2.61. The van der Waals surface area contributed by atoms with E-state index in [1.165, 1.54) is 5.56 Å². The highest BCUT2D eigenvalue weighted by atomic mass is 15.2. The summed E-state index contributed by atoms with van der Waals surface area (Å²) in [5, 5.41) is 11.3. The first-order chi connectivity index (χ1) is 9.84. The van der Waals surface area contributed by atoms with Gasteiger partial charge in [-0.2, -0.15) is 0 Å². The van der Waals surface area contributed by atoms with Gasteiger partial charge in [0.25, 0.3) is 0 Å². The van der Waals surface area contributed by atoms with Crippen LogP contribution in [0.3, 0.4) is 0 Å². The number of nitrogens with zero attached hydrogens (tertiary/aromatic N) is 4. The molecule has 1 atom stereocenters. The van der Waals surface area contributed by atoms with Gasteiger partial charge < -0.3 is 5.32 Å².